The van der Waals surface area contributed by atoms with E-state index in [2.05, 4.69) is 10.2 Å². The first-order chi connectivity index (χ1) is 17.6. The molecule has 5 nitrogen and oxygen atoms in total. The topological polar surface area (TPSA) is 52.2 Å². The molecule has 0 aliphatic heterocycles. The Morgan fingerprint density at radius 2 is 1.22 bits per heavy atom. The summed E-state index contributed by atoms with van der Waals surface area (Å²) >= 11 is 18.8. The third-order valence-electron chi connectivity index (χ3n) is 5.71. The number of hydrogen-bond acceptors (Lipinski definition) is 3. The van der Waals surface area contributed by atoms with E-state index in [0.29, 0.717) is 32.3 Å². The molecular formula is C26H16Cl3F3N4O. The van der Waals surface area contributed by atoms with Crippen molar-refractivity contribution in [3.05, 3.63) is 110 Å². The second-order valence-electron chi connectivity index (χ2n) is 8.34. The van der Waals surface area contributed by atoms with E-state index in [1.165, 1.54) is 28.9 Å². The minimum Gasteiger partial charge on any atom is -0.244 e. The third-order valence-corrected chi connectivity index (χ3v) is 6.48. The lowest BCUT2D eigenvalue weighted by molar-refractivity contribution is -0.127. The van der Waals surface area contributed by atoms with Crippen molar-refractivity contribution in [2.75, 3.05) is 0 Å². The van der Waals surface area contributed by atoms with Crippen LogP contribution in [0.4, 0.5) is 13.2 Å². The Morgan fingerprint density at radius 3 is 1.76 bits per heavy atom. The van der Waals surface area contributed by atoms with E-state index < -0.39 is 18.3 Å². The predicted molar refractivity (Wildman–Crippen MR) is 138 cm³/mol. The first kappa shape index (κ1) is 25.3. The van der Waals surface area contributed by atoms with Crippen molar-refractivity contribution in [3.63, 3.8) is 0 Å². The van der Waals surface area contributed by atoms with E-state index in [0.717, 1.165) is 10.1 Å². The van der Waals surface area contributed by atoms with Gasteiger partial charge in [-0.1, -0.05) is 83.3 Å². The molecule has 0 saturated heterocycles. The summed E-state index contributed by atoms with van der Waals surface area (Å²) in [6, 6.07) is 19.9. The van der Waals surface area contributed by atoms with Crippen LogP contribution in [0.3, 0.4) is 0 Å². The molecule has 0 amide bonds. The highest BCUT2D eigenvalue weighted by Gasteiger charge is 2.27. The lowest BCUT2D eigenvalue weighted by atomic mass is 9.97. The summed E-state index contributed by atoms with van der Waals surface area (Å²) < 4.78 is 40.3. The molecule has 0 aliphatic carbocycles. The number of benzene rings is 3. The van der Waals surface area contributed by atoms with Gasteiger partial charge in [0.25, 0.3) is 0 Å². The van der Waals surface area contributed by atoms with Gasteiger partial charge in [-0.25, -0.2) is 9.48 Å². The normalized spacial score (nSPS) is 11.8. The monoisotopic (exact) mass is 562 g/mol. The molecule has 11 heteroatoms. The van der Waals surface area contributed by atoms with Gasteiger partial charge in [0.15, 0.2) is 10.8 Å². The third kappa shape index (κ3) is 5.37. The van der Waals surface area contributed by atoms with Gasteiger partial charge < -0.3 is 0 Å². The summed E-state index contributed by atoms with van der Waals surface area (Å²) in [4.78, 5) is 13.2. The Kier molecular flexibility index (Phi) is 6.74. The molecule has 3 aromatic carbocycles. The highest BCUT2D eigenvalue weighted by atomic mass is 35.5. The molecule has 188 valence electrons. The van der Waals surface area contributed by atoms with Crippen molar-refractivity contribution < 1.29 is 13.2 Å². The maximum Gasteiger partial charge on any atom is 0.393 e. The van der Waals surface area contributed by atoms with Crippen molar-refractivity contribution >= 4 is 40.4 Å². The molecule has 0 fully saturated rings. The number of nitrogens with zero attached hydrogens (tertiary/aromatic N) is 4. The van der Waals surface area contributed by atoms with Gasteiger partial charge in [0.1, 0.15) is 0 Å². The van der Waals surface area contributed by atoms with Gasteiger partial charge in [-0.2, -0.15) is 17.7 Å². The minimum absolute atomic E-state index is 0.0302. The molecule has 0 bridgehead atoms. The molecule has 0 radical (unpaired) electrons. The van der Waals surface area contributed by atoms with Crippen LogP contribution in [0.15, 0.2) is 77.6 Å². The second-order valence-corrected chi connectivity index (χ2v) is 9.57. The number of aromatic nitrogens is 4. The smallest absolute Gasteiger partial charge is 0.244 e. The van der Waals surface area contributed by atoms with Gasteiger partial charge in [-0.15, -0.1) is 10.2 Å². The molecule has 0 atom stereocenters. The average Bonchev–Trinajstić information content (AvgIpc) is 3.14. The predicted octanol–water partition coefficient (Wildman–Crippen LogP) is 7.34. The van der Waals surface area contributed by atoms with E-state index in [9.17, 15) is 18.0 Å². The van der Waals surface area contributed by atoms with E-state index >= 15 is 0 Å². The van der Waals surface area contributed by atoms with E-state index in [1.807, 2.05) is 0 Å². The Morgan fingerprint density at radius 1 is 0.703 bits per heavy atom. The molecule has 2 aromatic heterocycles. The van der Waals surface area contributed by atoms with Crippen molar-refractivity contribution in [2.45, 2.75) is 19.1 Å². The molecule has 0 unspecified atom stereocenters. The van der Waals surface area contributed by atoms with Gasteiger partial charge in [0, 0.05) is 21.2 Å². The highest BCUT2D eigenvalue weighted by molar-refractivity contribution is 6.33. The van der Waals surface area contributed by atoms with Gasteiger partial charge in [-0.05, 0) is 46.5 Å². The molecule has 2 heterocycles. The lowest BCUT2D eigenvalue weighted by Gasteiger charge is -2.12. The van der Waals surface area contributed by atoms with Crippen LogP contribution < -0.4 is 5.69 Å². The standard InChI is InChI=1S/C26H16Cl3F3N4O/c27-19-9-5-17(6-10-19)21-22(18-7-11-20(28)12-8-18)24-34-35(25(37)36(24)33-23(21)29)14-16-3-1-15(2-4-16)13-26(30,31)32/h1-12H,13-14H2. The second kappa shape index (κ2) is 9.85. The first-order valence-electron chi connectivity index (χ1n) is 10.9. The van der Waals surface area contributed by atoms with Crippen molar-refractivity contribution in [2.24, 2.45) is 0 Å². The number of halogens is 6. The maximum absolute atomic E-state index is 13.2. The molecular weight excluding hydrogens is 548 g/mol. The van der Waals surface area contributed by atoms with Gasteiger partial charge in [0.05, 0.1) is 13.0 Å². The molecule has 5 rings (SSSR count). The fourth-order valence-electron chi connectivity index (χ4n) is 4.04. The molecule has 0 saturated carbocycles. The number of rotatable bonds is 5. The lowest BCUT2D eigenvalue weighted by Crippen LogP contribution is -2.23. The molecule has 0 aliphatic rings. The van der Waals surface area contributed by atoms with E-state index in [-0.39, 0.29) is 22.9 Å². The zero-order chi connectivity index (χ0) is 26.3. The van der Waals surface area contributed by atoms with Crippen LogP contribution in [0.2, 0.25) is 15.2 Å². The van der Waals surface area contributed by atoms with Crippen LogP contribution in [0.25, 0.3) is 27.9 Å². The minimum atomic E-state index is -4.30. The maximum atomic E-state index is 13.2. The molecule has 37 heavy (non-hydrogen) atoms. The number of fused-ring (bicyclic) bond motifs is 1. The van der Waals surface area contributed by atoms with Gasteiger partial charge >= 0.3 is 11.9 Å². The zero-order valence-electron chi connectivity index (χ0n) is 18.8. The van der Waals surface area contributed by atoms with Crippen LogP contribution in [-0.4, -0.2) is 25.6 Å². The van der Waals surface area contributed by atoms with Crippen LogP contribution >= 0.6 is 34.8 Å². The fraction of sp³-hybridized carbons (Fsp3) is 0.115. The Balaban J connectivity index is 1.65. The van der Waals surface area contributed by atoms with Crippen molar-refractivity contribution in [1.82, 2.24) is 19.4 Å². The summed E-state index contributed by atoms with van der Waals surface area (Å²) in [5.41, 5.74) is 2.99. The van der Waals surface area contributed by atoms with Crippen LogP contribution in [-0.2, 0) is 13.0 Å². The van der Waals surface area contributed by atoms with E-state index in [1.54, 1.807) is 48.5 Å². The first-order valence-corrected chi connectivity index (χ1v) is 12.1. The molecule has 0 N–H and O–H groups in total. The van der Waals surface area contributed by atoms with Crippen molar-refractivity contribution in [1.29, 1.82) is 0 Å². The summed E-state index contributed by atoms with van der Waals surface area (Å²) in [6.07, 6.45) is -5.33. The van der Waals surface area contributed by atoms with Gasteiger partial charge in [-0.3, -0.25) is 0 Å². The van der Waals surface area contributed by atoms with Gasteiger partial charge in [0.2, 0.25) is 0 Å². The Hall–Kier alpha value is -3.33. The van der Waals surface area contributed by atoms with Crippen LogP contribution in [0.1, 0.15) is 11.1 Å². The average molecular weight is 564 g/mol. The molecule has 0 spiro atoms. The summed E-state index contributed by atoms with van der Waals surface area (Å²) in [5, 5.41) is 10.00. The SMILES string of the molecule is O=c1n(Cc2ccc(CC(F)(F)F)cc2)nc2c(-c3ccc(Cl)cc3)c(-c3ccc(Cl)cc3)c(Cl)nn12. The summed E-state index contributed by atoms with van der Waals surface area (Å²) in [5.74, 6) is 0. The summed E-state index contributed by atoms with van der Waals surface area (Å²) in [6.45, 7) is 0.0302. The van der Waals surface area contributed by atoms with Crippen molar-refractivity contribution in [3.8, 4) is 22.3 Å². The quantitative estimate of drug-likeness (QED) is 0.225. The Bertz CT molecular complexity index is 1640. The Labute approximate surface area is 223 Å². The summed E-state index contributed by atoms with van der Waals surface area (Å²) in [7, 11) is 0. The number of alkyl halides is 3. The van der Waals surface area contributed by atoms with E-state index in [4.69, 9.17) is 34.8 Å². The fourth-order valence-corrected chi connectivity index (χ4v) is 4.57. The largest absolute Gasteiger partial charge is 0.393 e. The van der Waals surface area contributed by atoms with Crippen LogP contribution in [0.5, 0.6) is 0 Å². The van der Waals surface area contributed by atoms with Crippen LogP contribution in [0, 0.1) is 0 Å². The molecule has 5 aromatic rings. The highest BCUT2D eigenvalue weighted by Crippen LogP contribution is 2.39. The zero-order valence-corrected chi connectivity index (χ0v) is 21.1. The number of hydrogen-bond donors (Lipinski definition) is 0.